The number of carbonyl (C=O) groups is 1. The zero-order chi connectivity index (χ0) is 15.2. The summed E-state index contributed by atoms with van der Waals surface area (Å²) in [6.45, 7) is 4.57. The second-order valence-electron chi connectivity index (χ2n) is 4.95. The smallest absolute Gasteiger partial charge is 0.150 e. The van der Waals surface area contributed by atoms with Crippen molar-refractivity contribution in [3.63, 3.8) is 0 Å². The van der Waals surface area contributed by atoms with Crippen LogP contribution in [0.3, 0.4) is 0 Å². The van der Waals surface area contributed by atoms with E-state index in [1.807, 2.05) is 30.5 Å². The Morgan fingerprint density at radius 2 is 1.95 bits per heavy atom. The highest BCUT2D eigenvalue weighted by Gasteiger charge is 2.06. The lowest BCUT2D eigenvalue weighted by atomic mass is 10.2. The minimum Gasteiger partial charge on any atom is -0.489 e. The molecule has 21 heavy (non-hydrogen) atoms. The standard InChI is InChI=1S/C17H18FNO2/c1-13-6-7-14(2)19(13)10-16(9-18)12-21-17-5-3-4-15(8-17)11-20/h3-9,11H,10,12H2,1-2H3/b16-9+. The molecule has 0 radical (unpaired) electrons. The van der Waals surface area contributed by atoms with E-state index in [0.29, 0.717) is 29.8 Å². The van der Waals surface area contributed by atoms with Crippen LogP contribution in [0.1, 0.15) is 21.7 Å². The lowest BCUT2D eigenvalue weighted by Gasteiger charge is -2.13. The van der Waals surface area contributed by atoms with E-state index in [0.717, 1.165) is 17.7 Å². The van der Waals surface area contributed by atoms with Crippen molar-refractivity contribution in [2.75, 3.05) is 6.61 Å². The minimum absolute atomic E-state index is 0.149. The molecule has 0 fully saturated rings. The molecule has 0 atom stereocenters. The number of ether oxygens (including phenoxy) is 1. The molecule has 0 aliphatic carbocycles. The number of aryl methyl sites for hydroxylation is 2. The Balaban J connectivity index is 2.02. The zero-order valence-electron chi connectivity index (χ0n) is 12.2. The number of rotatable bonds is 6. The first kappa shape index (κ1) is 15.0. The molecular weight excluding hydrogens is 269 g/mol. The van der Waals surface area contributed by atoms with Crippen LogP contribution in [-0.2, 0) is 6.54 Å². The molecule has 0 saturated heterocycles. The van der Waals surface area contributed by atoms with E-state index >= 15 is 0 Å². The summed E-state index contributed by atoms with van der Waals surface area (Å²) in [5, 5.41) is 0. The second-order valence-corrected chi connectivity index (χ2v) is 4.95. The van der Waals surface area contributed by atoms with Crippen LogP contribution in [0, 0.1) is 13.8 Å². The van der Waals surface area contributed by atoms with Crippen molar-refractivity contribution in [1.29, 1.82) is 0 Å². The summed E-state index contributed by atoms with van der Waals surface area (Å²) < 4.78 is 20.6. The van der Waals surface area contributed by atoms with Crippen LogP contribution in [0.5, 0.6) is 5.75 Å². The fraction of sp³-hybridized carbons (Fsp3) is 0.235. The Hall–Kier alpha value is -2.36. The van der Waals surface area contributed by atoms with Gasteiger partial charge in [0.05, 0.1) is 6.33 Å². The molecule has 0 bridgehead atoms. The van der Waals surface area contributed by atoms with Crippen LogP contribution >= 0.6 is 0 Å². The summed E-state index contributed by atoms with van der Waals surface area (Å²) in [5.74, 6) is 0.555. The van der Waals surface area contributed by atoms with Crippen LogP contribution in [0.2, 0.25) is 0 Å². The summed E-state index contributed by atoms with van der Waals surface area (Å²) in [6.07, 6.45) is 1.34. The maximum Gasteiger partial charge on any atom is 0.150 e. The van der Waals surface area contributed by atoms with Gasteiger partial charge < -0.3 is 9.30 Å². The van der Waals surface area contributed by atoms with Crippen LogP contribution in [-0.4, -0.2) is 17.5 Å². The van der Waals surface area contributed by atoms with E-state index in [1.54, 1.807) is 24.3 Å². The molecular formula is C17H18FNO2. The van der Waals surface area contributed by atoms with E-state index in [9.17, 15) is 9.18 Å². The Labute approximate surface area is 123 Å². The molecule has 3 nitrogen and oxygen atoms in total. The normalized spacial score (nSPS) is 11.5. The molecule has 1 aromatic heterocycles. The summed E-state index contributed by atoms with van der Waals surface area (Å²) >= 11 is 0. The van der Waals surface area contributed by atoms with Gasteiger partial charge in [0.25, 0.3) is 0 Å². The fourth-order valence-electron chi connectivity index (χ4n) is 2.12. The van der Waals surface area contributed by atoms with Gasteiger partial charge in [-0.15, -0.1) is 0 Å². The van der Waals surface area contributed by atoms with E-state index in [1.165, 1.54) is 0 Å². The Kier molecular flexibility index (Phi) is 4.93. The summed E-state index contributed by atoms with van der Waals surface area (Å²) in [7, 11) is 0. The second kappa shape index (κ2) is 6.88. The summed E-state index contributed by atoms with van der Waals surface area (Å²) in [4.78, 5) is 10.7. The number of benzene rings is 1. The van der Waals surface area contributed by atoms with Gasteiger partial charge in [-0.3, -0.25) is 4.79 Å². The van der Waals surface area contributed by atoms with Gasteiger partial charge in [-0.05, 0) is 38.1 Å². The molecule has 2 rings (SSSR count). The Morgan fingerprint density at radius 3 is 2.57 bits per heavy atom. The monoisotopic (exact) mass is 287 g/mol. The van der Waals surface area contributed by atoms with Crippen LogP contribution in [0.4, 0.5) is 4.39 Å². The van der Waals surface area contributed by atoms with Crippen molar-refractivity contribution < 1.29 is 13.9 Å². The summed E-state index contributed by atoms with van der Waals surface area (Å²) in [6, 6.07) is 10.8. The van der Waals surface area contributed by atoms with Gasteiger partial charge in [0.15, 0.2) is 0 Å². The Bertz CT molecular complexity index is 639. The van der Waals surface area contributed by atoms with E-state index in [-0.39, 0.29) is 6.61 Å². The largest absolute Gasteiger partial charge is 0.489 e. The van der Waals surface area contributed by atoms with E-state index in [2.05, 4.69) is 0 Å². The SMILES string of the molecule is Cc1ccc(C)n1C/C(=C\F)COc1cccc(C=O)c1. The van der Waals surface area contributed by atoms with Crippen LogP contribution < -0.4 is 4.74 Å². The molecule has 4 heteroatoms. The number of halogens is 1. The topological polar surface area (TPSA) is 31.2 Å². The Morgan fingerprint density at radius 1 is 1.24 bits per heavy atom. The molecule has 110 valence electrons. The first-order valence-corrected chi connectivity index (χ1v) is 6.73. The highest BCUT2D eigenvalue weighted by Crippen LogP contribution is 2.15. The molecule has 0 spiro atoms. The highest BCUT2D eigenvalue weighted by atomic mass is 19.1. The van der Waals surface area contributed by atoms with Gasteiger partial charge in [-0.2, -0.15) is 0 Å². The molecule has 2 aromatic rings. The summed E-state index contributed by atoms with van der Waals surface area (Å²) in [5.41, 5.74) is 3.23. The quantitative estimate of drug-likeness (QED) is 0.756. The predicted molar refractivity (Wildman–Crippen MR) is 80.4 cm³/mol. The third kappa shape index (κ3) is 3.81. The molecule has 0 saturated carbocycles. The highest BCUT2D eigenvalue weighted by molar-refractivity contribution is 5.75. The predicted octanol–water partition coefficient (Wildman–Crippen LogP) is 3.85. The lowest BCUT2D eigenvalue weighted by Crippen LogP contribution is -2.10. The van der Waals surface area contributed by atoms with E-state index in [4.69, 9.17) is 4.74 Å². The minimum atomic E-state index is 0.149. The molecule has 0 N–H and O–H groups in total. The third-order valence-corrected chi connectivity index (χ3v) is 3.35. The molecule has 1 aromatic carbocycles. The fourth-order valence-corrected chi connectivity index (χ4v) is 2.12. The van der Waals surface area contributed by atoms with Crippen molar-refractivity contribution in [3.8, 4) is 5.75 Å². The van der Waals surface area contributed by atoms with Crippen molar-refractivity contribution in [2.24, 2.45) is 0 Å². The van der Waals surface area contributed by atoms with Crippen molar-refractivity contribution in [3.05, 3.63) is 65.3 Å². The first-order valence-electron chi connectivity index (χ1n) is 6.73. The average molecular weight is 287 g/mol. The number of aromatic nitrogens is 1. The molecule has 0 aliphatic rings. The van der Waals surface area contributed by atoms with E-state index < -0.39 is 0 Å². The van der Waals surface area contributed by atoms with Crippen molar-refractivity contribution in [1.82, 2.24) is 4.57 Å². The van der Waals surface area contributed by atoms with Gasteiger partial charge in [0.1, 0.15) is 18.6 Å². The maximum absolute atomic E-state index is 13.0. The van der Waals surface area contributed by atoms with Crippen molar-refractivity contribution >= 4 is 6.29 Å². The third-order valence-electron chi connectivity index (χ3n) is 3.35. The number of aldehydes is 1. The molecule has 0 aliphatic heterocycles. The number of carbonyl (C=O) groups excluding carboxylic acids is 1. The lowest BCUT2D eigenvalue weighted by molar-refractivity contribution is 0.112. The number of hydrogen-bond acceptors (Lipinski definition) is 2. The van der Waals surface area contributed by atoms with Gasteiger partial charge >= 0.3 is 0 Å². The zero-order valence-corrected chi connectivity index (χ0v) is 12.2. The number of nitrogens with zero attached hydrogens (tertiary/aromatic N) is 1. The average Bonchev–Trinajstić information content (AvgIpc) is 2.83. The van der Waals surface area contributed by atoms with Gasteiger partial charge in [0, 0.05) is 29.1 Å². The van der Waals surface area contributed by atoms with Gasteiger partial charge in [-0.25, -0.2) is 4.39 Å². The van der Waals surface area contributed by atoms with Gasteiger partial charge in [0.2, 0.25) is 0 Å². The molecule has 0 unspecified atom stereocenters. The molecule has 0 amide bonds. The maximum atomic E-state index is 13.0. The van der Waals surface area contributed by atoms with Crippen LogP contribution in [0.25, 0.3) is 0 Å². The van der Waals surface area contributed by atoms with Crippen LogP contribution in [0.15, 0.2) is 48.3 Å². The van der Waals surface area contributed by atoms with Gasteiger partial charge in [-0.1, -0.05) is 12.1 Å². The van der Waals surface area contributed by atoms with Crippen molar-refractivity contribution in [2.45, 2.75) is 20.4 Å². The number of hydrogen-bond donors (Lipinski definition) is 0. The first-order chi connectivity index (χ1) is 10.1. The molecule has 1 heterocycles.